The van der Waals surface area contributed by atoms with Gasteiger partial charge in [0.2, 0.25) is 5.91 Å². The zero-order valence-corrected chi connectivity index (χ0v) is 13.4. The highest BCUT2D eigenvalue weighted by molar-refractivity contribution is 5.77. The van der Waals surface area contributed by atoms with E-state index in [1.807, 2.05) is 4.90 Å². The molecule has 0 unspecified atom stereocenters. The van der Waals surface area contributed by atoms with Crippen molar-refractivity contribution in [1.82, 2.24) is 9.88 Å². The number of piperidine rings is 2. The summed E-state index contributed by atoms with van der Waals surface area (Å²) in [6.45, 7) is 3.05. The second-order valence-electron chi connectivity index (χ2n) is 6.74. The van der Waals surface area contributed by atoms with Crippen molar-refractivity contribution < 1.29 is 14.3 Å². The second kappa shape index (κ2) is 6.83. The molecule has 1 aromatic heterocycles. The molecule has 126 valence electrons. The van der Waals surface area contributed by atoms with Gasteiger partial charge in [-0.05, 0) is 31.7 Å². The summed E-state index contributed by atoms with van der Waals surface area (Å²) < 4.78 is 14.0. The van der Waals surface area contributed by atoms with Crippen molar-refractivity contribution in [3.63, 3.8) is 0 Å². The first kappa shape index (κ1) is 16.2. The number of halogens is 1. The summed E-state index contributed by atoms with van der Waals surface area (Å²) >= 11 is 0. The summed E-state index contributed by atoms with van der Waals surface area (Å²) in [4.78, 5) is 19.9. The third-order valence-corrected chi connectivity index (χ3v) is 5.09. The van der Waals surface area contributed by atoms with Crippen LogP contribution in [0.5, 0.6) is 0 Å². The summed E-state index contributed by atoms with van der Waals surface area (Å²) in [5, 5.41) is 9.01. The summed E-state index contributed by atoms with van der Waals surface area (Å²) in [7, 11) is 0. The Morgan fingerprint density at radius 3 is 3.00 bits per heavy atom. The molecule has 6 heteroatoms. The number of carbonyl (C=O) groups excluding carboxylic acids is 1. The monoisotopic (exact) mass is 321 g/mol. The fraction of sp³-hybridized carbons (Fsp3) is 0.647. The van der Waals surface area contributed by atoms with Crippen molar-refractivity contribution in [2.45, 2.75) is 32.1 Å². The predicted octanol–water partition coefficient (Wildman–Crippen LogP) is 1.81. The molecule has 0 radical (unpaired) electrons. The van der Waals surface area contributed by atoms with Crippen molar-refractivity contribution in [3.8, 4) is 0 Å². The molecule has 1 amide bonds. The number of aliphatic hydroxyl groups excluding tert-OH is 1. The number of carbonyl (C=O) groups is 1. The van der Waals surface area contributed by atoms with Crippen LogP contribution in [0.4, 0.5) is 10.1 Å². The van der Waals surface area contributed by atoms with Crippen LogP contribution < -0.4 is 4.90 Å². The number of anilines is 1. The third kappa shape index (κ3) is 3.47. The molecule has 0 bridgehead atoms. The van der Waals surface area contributed by atoms with Gasteiger partial charge in [0.15, 0.2) is 5.82 Å². The van der Waals surface area contributed by atoms with Crippen molar-refractivity contribution in [1.29, 1.82) is 0 Å². The van der Waals surface area contributed by atoms with E-state index in [4.69, 9.17) is 5.11 Å². The molecule has 23 heavy (non-hydrogen) atoms. The number of hydrogen-bond donors (Lipinski definition) is 1. The minimum atomic E-state index is -0.284. The van der Waals surface area contributed by atoms with Crippen LogP contribution in [0.25, 0.3) is 0 Å². The van der Waals surface area contributed by atoms with Crippen LogP contribution in [0.1, 0.15) is 32.1 Å². The molecule has 3 rings (SSSR count). The smallest absolute Gasteiger partial charge is 0.222 e. The standard InChI is InChI=1S/C17H24FN3O2/c18-14-11-19-7-4-15(14)20-8-1-5-17(12-20)6-3-16(23)21(13-17)9-2-10-22/h4,7,11,22H,1-3,5-6,8-10,12-13H2/t17-/m1/s1. The highest BCUT2D eigenvalue weighted by Crippen LogP contribution is 2.40. The van der Waals surface area contributed by atoms with Crippen LogP contribution in [-0.2, 0) is 4.79 Å². The first-order valence-corrected chi connectivity index (χ1v) is 8.37. The molecule has 0 saturated carbocycles. The van der Waals surface area contributed by atoms with Gasteiger partial charge >= 0.3 is 0 Å². The van der Waals surface area contributed by atoms with Gasteiger partial charge in [-0.1, -0.05) is 0 Å². The van der Waals surface area contributed by atoms with Gasteiger partial charge in [0.25, 0.3) is 0 Å². The summed E-state index contributed by atoms with van der Waals surface area (Å²) in [6.07, 6.45) is 6.99. The molecule has 3 heterocycles. The lowest BCUT2D eigenvalue weighted by molar-refractivity contribution is -0.138. The van der Waals surface area contributed by atoms with E-state index in [0.29, 0.717) is 25.1 Å². The van der Waals surface area contributed by atoms with E-state index in [2.05, 4.69) is 9.88 Å². The van der Waals surface area contributed by atoms with Gasteiger partial charge in [0.1, 0.15) is 0 Å². The molecule has 2 aliphatic heterocycles. The Labute approximate surface area is 136 Å². The van der Waals surface area contributed by atoms with Gasteiger partial charge in [-0.3, -0.25) is 9.78 Å². The zero-order chi connectivity index (χ0) is 16.3. The van der Waals surface area contributed by atoms with Crippen LogP contribution in [0.2, 0.25) is 0 Å². The summed E-state index contributed by atoms with van der Waals surface area (Å²) in [5.74, 6) is -0.107. The molecular formula is C17H24FN3O2. The van der Waals surface area contributed by atoms with E-state index in [1.165, 1.54) is 6.20 Å². The summed E-state index contributed by atoms with van der Waals surface area (Å²) in [6, 6.07) is 1.73. The lowest BCUT2D eigenvalue weighted by Gasteiger charge is -2.49. The van der Waals surface area contributed by atoms with Crippen LogP contribution in [0.15, 0.2) is 18.5 Å². The molecule has 0 aliphatic carbocycles. The van der Waals surface area contributed by atoms with E-state index in [0.717, 1.165) is 38.9 Å². The fourth-order valence-corrected chi connectivity index (χ4v) is 3.94. The molecule has 5 nitrogen and oxygen atoms in total. The van der Waals surface area contributed by atoms with Crippen molar-refractivity contribution in [2.75, 3.05) is 37.7 Å². The molecule has 1 N–H and O–H groups in total. The number of hydrogen-bond acceptors (Lipinski definition) is 4. The minimum absolute atomic E-state index is 0.0390. The topological polar surface area (TPSA) is 56.7 Å². The first-order chi connectivity index (χ1) is 11.1. The molecule has 2 fully saturated rings. The number of likely N-dealkylation sites (tertiary alicyclic amines) is 1. The highest BCUT2D eigenvalue weighted by atomic mass is 19.1. The molecule has 2 saturated heterocycles. The van der Waals surface area contributed by atoms with Gasteiger partial charge in [0, 0.05) is 50.8 Å². The Balaban J connectivity index is 1.74. The largest absolute Gasteiger partial charge is 0.396 e. The number of nitrogens with zero attached hydrogens (tertiary/aromatic N) is 3. The highest BCUT2D eigenvalue weighted by Gasteiger charge is 2.41. The Kier molecular flexibility index (Phi) is 4.80. The van der Waals surface area contributed by atoms with Gasteiger partial charge in [-0.25, -0.2) is 4.39 Å². The maximum atomic E-state index is 14.0. The Bertz CT molecular complexity index is 569. The van der Waals surface area contributed by atoms with Crippen molar-refractivity contribution in [2.24, 2.45) is 5.41 Å². The average molecular weight is 321 g/mol. The van der Waals surface area contributed by atoms with E-state index < -0.39 is 0 Å². The summed E-state index contributed by atoms with van der Waals surface area (Å²) in [5.41, 5.74) is 0.648. The SMILES string of the molecule is O=C1CC[C@@]2(CCCN(c3ccncc3F)C2)CN1CCCO. The molecular weight excluding hydrogens is 297 g/mol. The maximum absolute atomic E-state index is 14.0. The molecule has 0 aromatic carbocycles. The number of aliphatic hydroxyl groups is 1. The van der Waals surface area contributed by atoms with Crippen LogP contribution in [0.3, 0.4) is 0 Å². The number of amides is 1. The molecule has 1 spiro atoms. The lowest BCUT2D eigenvalue weighted by Crippen LogP contribution is -2.54. The van der Waals surface area contributed by atoms with Gasteiger partial charge in [0.05, 0.1) is 11.9 Å². The molecule has 1 aromatic rings. The zero-order valence-electron chi connectivity index (χ0n) is 13.4. The van der Waals surface area contributed by atoms with Gasteiger partial charge in [-0.15, -0.1) is 0 Å². The Hall–Kier alpha value is -1.69. The van der Waals surface area contributed by atoms with Gasteiger partial charge < -0.3 is 14.9 Å². The predicted molar refractivity (Wildman–Crippen MR) is 85.6 cm³/mol. The third-order valence-electron chi connectivity index (χ3n) is 5.09. The number of rotatable bonds is 4. The molecule has 1 atom stereocenters. The Morgan fingerprint density at radius 2 is 2.22 bits per heavy atom. The number of pyridine rings is 1. The average Bonchev–Trinajstić information content (AvgIpc) is 2.56. The first-order valence-electron chi connectivity index (χ1n) is 8.37. The van der Waals surface area contributed by atoms with E-state index in [1.54, 1.807) is 12.3 Å². The van der Waals surface area contributed by atoms with Crippen LogP contribution in [0, 0.1) is 11.2 Å². The quantitative estimate of drug-likeness (QED) is 0.919. The second-order valence-corrected chi connectivity index (χ2v) is 6.74. The number of aromatic nitrogens is 1. The van der Waals surface area contributed by atoms with Crippen LogP contribution in [-0.4, -0.2) is 53.7 Å². The van der Waals surface area contributed by atoms with Gasteiger partial charge in [-0.2, -0.15) is 0 Å². The Morgan fingerprint density at radius 1 is 1.35 bits per heavy atom. The van der Waals surface area contributed by atoms with Crippen molar-refractivity contribution >= 4 is 11.6 Å². The fourth-order valence-electron chi connectivity index (χ4n) is 3.94. The van der Waals surface area contributed by atoms with Crippen LogP contribution >= 0.6 is 0 Å². The maximum Gasteiger partial charge on any atom is 0.222 e. The normalized spacial score (nSPS) is 25.2. The van der Waals surface area contributed by atoms with E-state index in [-0.39, 0.29) is 23.7 Å². The minimum Gasteiger partial charge on any atom is -0.396 e. The molecule has 2 aliphatic rings. The lowest BCUT2D eigenvalue weighted by atomic mass is 9.73. The van der Waals surface area contributed by atoms with E-state index >= 15 is 0 Å². The van der Waals surface area contributed by atoms with Crippen molar-refractivity contribution in [3.05, 3.63) is 24.3 Å². The van der Waals surface area contributed by atoms with E-state index in [9.17, 15) is 9.18 Å².